The van der Waals surface area contributed by atoms with Crippen molar-refractivity contribution in [3.05, 3.63) is 53.7 Å². The molecule has 1 aromatic heterocycles. The number of nitrogens with one attached hydrogen (secondary N) is 1. The average molecular weight is 513 g/mol. The number of ether oxygens (including phenoxy) is 2. The van der Waals surface area contributed by atoms with E-state index in [4.69, 9.17) is 9.47 Å². The largest absolute Gasteiger partial charge is 0.497 e. The van der Waals surface area contributed by atoms with E-state index in [1.807, 2.05) is 25.1 Å². The van der Waals surface area contributed by atoms with Crippen molar-refractivity contribution in [1.29, 1.82) is 0 Å². The number of aliphatic carboxylic acids is 1. The minimum Gasteiger partial charge on any atom is -0.497 e. The van der Waals surface area contributed by atoms with Crippen LogP contribution in [0.2, 0.25) is 0 Å². The molecule has 8 nitrogen and oxygen atoms in total. The highest BCUT2D eigenvalue weighted by Gasteiger charge is 2.28. The maximum absolute atomic E-state index is 13.0. The Balaban J connectivity index is 1.93. The number of hydrogen-bond acceptors (Lipinski definition) is 5. The molecule has 0 aliphatic heterocycles. The van der Waals surface area contributed by atoms with E-state index in [0.717, 1.165) is 28.7 Å². The van der Waals surface area contributed by atoms with Crippen LogP contribution in [0.15, 0.2) is 47.4 Å². The standard InChI is InChI=1S/C27H32N2O6S/c1-6-7-14-35-20-8-11-22(12-9-20)36(32,33)28-25(27(30)31)16-23-19(4)29(17-18(2)3)26-13-10-21(34-5)15-24(23)26/h8-13,15,18,25,28H,14,16-17H2,1-5H3,(H,30,31). The summed E-state index contributed by atoms with van der Waals surface area (Å²) in [5.41, 5.74) is 2.61. The first kappa shape index (κ1) is 27.1. The molecule has 192 valence electrons. The summed E-state index contributed by atoms with van der Waals surface area (Å²) in [5.74, 6) is 5.69. The maximum Gasteiger partial charge on any atom is 0.322 e. The Morgan fingerprint density at radius 2 is 1.81 bits per heavy atom. The van der Waals surface area contributed by atoms with Crippen molar-refractivity contribution in [3.63, 3.8) is 0 Å². The zero-order valence-electron chi connectivity index (χ0n) is 21.2. The van der Waals surface area contributed by atoms with E-state index in [-0.39, 0.29) is 17.9 Å². The molecule has 1 atom stereocenters. The molecular weight excluding hydrogens is 480 g/mol. The van der Waals surface area contributed by atoms with Crippen LogP contribution in [0.4, 0.5) is 0 Å². The fourth-order valence-corrected chi connectivity index (χ4v) is 5.25. The highest BCUT2D eigenvalue weighted by molar-refractivity contribution is 7.89. The molecule has 3 aromatic rings. The quantitative estimate of drug-likeness (QED) is 0.376. The van der Waals surface area contributed by atoms with Gasteiger partial charge in [0.05, 0.1) is 12.0 Å². The van der Waals surface area contributed by atoms with Crippen LogP contribution < -0.4 is 14.2 Å². The third-order valence-electron chi connectivity index (χ3n) is 5.83. The first-order chi connectivity index (χ1) is 17.1. The summed E-state index contributed by atoms with van der Waals surface area (Å²) in [4.78, 5) is 12.1. The highest BCUT2D eigenvalue weighted by Crippen LogP contribution is 2.31. The molecule has 36 heavy (non-hydrogen) atoms. The zero-order chi connectivity index (χ0) is 26.5. The van der Waals surface area contributed by atoms with Gasteiger partial charge in [-0.1, -0.05) is 19.8 Å². The molecule has 0 aliphatic carbocycles. The number of methoxy groups -OCH3 is 1. The zero-order valence-corrected chi connectivity index (χ0v) is 22.0. The molecule has 0 bridgehead atoms. The van der Waals surface area contributed by atoms with Gasteiger partial charge in [0.2, 0.25) is 10.0 Å². The molecule has 0 aliphatic rings. The lowest BCUT2D eigenvalue weighted by molar-refractivity contribution is -0.138. The minimum absolute atomic E-state index is 0.0218. The second kappa shape index (κ2) is 11.5. The Bertz CT molecular complexity index is 1400. The van der Waals surface area contributed by atoms with E-state index in [2.05, 4.69) is 35.0 Å². The summed E-state index contributed by atoms with van der Waals surface area (Å²) in [6, 6.07) is 10.1. The van der Waals surface area contributed by atoms with Gasteiger partial charge >= 0.3 is 5.97 Å². The summed E-state index contributed by atoms with van der Waals surface area (Å²) >= 11 is 0. The molecule has 0 fully saturated rings. The van der Waals surface area contributed by atoms with Crippen molar-refractivity contribution in [2.75, 3.05) is 13.7 Å². The summed E-state index contributed by atoms with van der Waals surface area (Å²) < 4.78 is 41.4. The number of hydrogen-bond donors (Lipinski definition) is 2. The van der Waals surface area contributed by atoms with Gasteiger partial charge in [0.1, 0.15) is 24.1 Å². The van der Waals surface area contributed by atoms with Crippen molar-refractivity contribution in [2.24, 2.45) is 5.92 Å². The van der Waals surface area contributed by atoms with Crippen LogP contribution >= 0.6 is 0 Å². The minimum atomic E-state index is -4.10. The second-order valence-corrected chi connectivity index (χ2v) is 10.6. The molecule has 9 heteroatoms. The highest BCUT2D eigenvalue weighted by atomic mass is 32.2. The predicted octanol–water partition coefficient (Wildman–Crippen LogP) is 3.99. The fourth-order valence-electron chi connectivity index (χ4n) is 4.06. The van der Waals surface area contributed by atoms with E-state index in [1.54, 1.807) is 14.0 Å². The van der Waals surface area contributed by atoms with Crippen LogP contribution in [0.25, 0.3) is 10.9 Å². The number of sulfonamides is 1. The van der Waals surface area contributed by atoms with E-state index in [1.165, 1.54) is 24.3 Å². The van der Waals surface area contributed by atoms with Crippen molar-refractivity contribution in [3.8, 4) is 23.3 Å². The second-order valence-electron chi connectivity index (χ2n) is 8.85. The van der Waals surface area contributed by atoms with Crippen LogP contribution in [0.1, 0.15) is 32.0 Å². The van der Waals surface area contributed by atoms with E-state index in [9.17, 15) is 18.3 Å². The van der Waals surface area contributed by atoms with E-state index in [0.29, 0.717) is 17.4 Å². The number of fused-ring (bicyclic) bond motifs is 1. The number of aromatic nitrogens is 1. The van der Waals surface area contributed by atoms with E-state index < -0.39 is 22.0 Å². The van der Waals surface area contributed by atoms with Crippen LogP contribution in [-0.4, -0.2) is 43.8 Å². The van der Waals surface area contributed by atoms with Gasteiger partial charge in [-0.15, -0.1) is 5.92 Å². The topological polar surface area (TPSA) is 107 Å². The van der Waals surface area contributed by atoms with Gasteiger partial charge in [-0.05, 0) is 67.8 Å². The third kappa shape index (κ3) is 6.20. The van der Waals surface area contributed by atoms with Gasteiger partial charge in [-0.25, -0.2) is 8.42 Å². The molecule has 1 unspecified atom stereocenters. The summed E-state index contributed by atoms with van der Waals surface area (Å²) in [7, 11) is -2.53. The fraction of sp³-hybridized carbons (Fsp3) is 0.370. The lowest BCUT2D eigenvalue weighted by Gasteiger charge is -2.16. The van der Waals surface area contributed by atoms with Gasteiger partial charge in [-0.3, -0.25) is 4.79 Å². The van der Waals surface area contributed by atoms with Gasteiger partial charge in [0.15, 0.2) is 0 Å². The molecule has 1 heterocycles. The van der Waals surface area contributed by atoms with Crippen molar-refractivity contribution < 1.29 is 27.8 Å². The smallest absolute Gasteiger partial charge is 0.322 e. The van der Waals surface area contributed by atoms with Crippen molar-refractivity contribution in [1.82, 2.24) is 9.29 Å². The number of benzene rings is 2. The molecule has 0 radical (unpaired) electrons. The molecular formula is C27H32N2O6S. The summed E-state index contributed by atoms with van der Waals surface area (Å²) in [6.07, 6.45) is -0.0218. The Hall–Kier alpha value is -3.48. The normalized spacial score (nSPS) is 12.3. The number of rotatable bonds is 11. The lowest BCUT2D eigenvalue weighted by atomic mass is 10.0. The van der Waals surface area contributed by atoms with Crippen molar-refractivity contribution >= 4 is 26.9 Å². The monoisotopic (exact) mass is 512 g/mol. The Labute approximate surface area is 212 Å². The van der Waals surface area contributed by atoms with Gasteiger partial charge in [-0.2, -0.15) is 4.72 Å². The maximum atomic E-state index is 13.0. The molecule has 2 aromatic carbocycles. The molecule has 0 spiro atoms. The Kier molecular flexibility index (Phi) is 8.66. The average Bonchev–Trinajstić information content (AvgIpc) is 3.08. The molecule has 3 rings (SSSR count). The van der Waals surface area contributed by atoms with Crippen LogP contribution in [0.3, 0.4) is 0 Å². The van der Waals surface area contributed by atoms with Crippen LogP contribution in [0.5, 0.6) is 11.5 Å². The lowest BCUT2D eigenvalue weighted by Crippen LogP contribution is -2.42. The predicted molar refractivity (Wildman–Crippen MR) is 139 cm³/mol. The number of carboxylic acid groups (broad SMARTS) is 1. The van der Waals surface area contributed by atoms with Gasteiger partial charge in [0, 0.05) is 29.6 Å². The molecule has 2 N–H and O–H groups in total. The number of carbonyl (C=O) groups is 1. The number of nitrogens with zero attached hydrogens (tertiary/aromatic N) is 1. The van der Waals surface area contributed by atoms with Crippen molar-refractivity contribution in [2.45, 2.75) is 51.6 Å². The molecule has 0 saturated carbocycles. The molecule has 0 saturated heterocycles. The first-order valence-corrected chi connectivity index (χ1v) is 13.1. The first-order valence-electron chi connectivity index (χ1n) is 11.6. The van der Waals surface area contributed by atoms with Crippen LogP contribution in [-0.2, 0) is 27.8 Å². The Morgan fingerprint density at radius 3 is 2.39 bits per heavy atom. The summed E-state index contributed by atoms with van der Waals surface area (Å²) in [5, 5.41) is 10.8. The summed E-state index contributed by atoms with van der Waals surface area (Å²) in [6.45, 7) is 8.78. The van der Waals surface area contributed by atoms with Gasteiger partial charge in [0.25, 0.3) is 0 Å². The third-order valence-corrected chi connectivity index (χ3v) is 7.32. The van der Waals surface area contributed by atoms with Crippen LogP contribution in [0, 0.1) is 24.7 Å². The SMILES string of the molecule is CC#CCOc1ccc(S(=O)(=O)NC(Cc2c(C)n(CC(C)C)c3ccc(OC)cc23)C(=O)O)cc1. The number of carboxylic acids is 1. The van der Waals surface area contributed by atoms with E-state index >= 15 is 0 Å². The Morgan fingerprint density at radius 1 is 1.14 bits per heavy atom. The van der Waals surface area contributed by atoms with Gasteiger partial charge < -0.3 is 19.1 Å². The molecule has 0 amide bonds.